The molecule has 2 aromatic rings. The lowest BCUT2D eigenvalue weighted by Gasteiger charge is -2.19. The Hall–Kier alpha value is -2.64. The Bertz CT molecular complexity index is 696. The average molecular weight is 276 g/mol. The number of imidazole rings is 1. The maximum Gasteiger partial charge on any atom is 0.326 e. The molecule has 3 rings (SSSR count). The molecule has 0 amide bonds. The number of rotatable bonds is 3. The quantitative estimate of drug-likeness (QED) is 0.649. The van der Waals surface area contributed by atoms with E-state index in [-0.39, 0.29) is 5.69 Å². The van der Waals surface area contributed by atoms with Gasteiger partial charge in [0.2, 0.25) is 5.95 Å². The van der Waals surface area contributed by atoms with E-state index in [0.717, 1.165) is 6.42 Å². The minimum Gasteiger partial charge on any atom is -0.480 e. The highest BCUT2D eigenvalue weighted by Crippen LogP contribution is 2.27. The average Bonchev–Trinajstić information content (AvgIpc) is 3.03. The summed E-state index contributed by atoms with van der Waals surface area (Å²) in [5.41, 5.74) is 1.09. The molecule has 0 radical (unpaired) electrons. The number of aromatic amines is 1. The van der Waals surface area contributed by atoms with Crippen LogP contribution in [0.25, 0.3) is 11.0 Å². The molecular weight excluding hydrogens is 264 g/mol. The molecule has 0 unspecified atom stereocenters. The summed E-state index contributed by atoms with van der Waals surface area (Å²) >= 11 is 0. The number of H-pyrrole nitrogens is 1. The van der Waals surface area contributed by atoms with Crippen LogP contribution >= 0.6 is 0 Å². The summed E-state index contributed by atoms with van der Waals surface area (Å²) in [7, 11) is 0. The Morgan fingerprint density at radius 2 is 2.35 bits per heavy atom. The highest BCUT2D eigenvalue weighted by Gasteiger charge is 2.32. The third-order valence-electron chi connectivity index (χ3n) is 3.47. The van der Waals surface area contributed by atoms with Crippen LogP contribution in [-0.4, -0.2) is 38.6 Å². The minimum atomic E-state index is -0.881. The van der Waals surface area contributed by atoms with Crippen molar-refractivity contribution in [2.75, 3.05) is 11.4 Å². The number of hydrogen-bond acceptors (Lipinski definition) is 5. The molecule has 8 nitrogen and oxygen atoms in total. The highest BCUT2D eigenvalue weighted by atomic mass is 16.6. The second-order valence-corrected chi connectivity index (χ2v) is 4.71. The first-order chi connectivity index (χ1) is 9.56. The smallest absolute Gasteiger partial charge is 0.326 e. The number of anilines is 1. The summed E-state index contributed by atoms with van der Waals surface area (Å²) in [6.45, 7) is 0.610. The van der Waals surface area contributed by atoms with Gasteiger partial charge in [-0.1, -0.05) is 0 Å². The fraction of sp³-hybridized carbons (Fsp3) is 0.333. The second-order valence-electron chi connectivity index (χ2n) is 4.71. The number of non-ortho nitro benzene ring substituents is 1. The predicted molar refractivity (Wildman–Crippen MR) is 70.8 cm³/mol. The lowest BCUT2D eigenvalue weighted by Crippen LogP contribution is -2.36. The maximum atomic E-state index is 11.2. The van der Waals surface area contributed by atoms with E-state index in [1.165, 1.54) is 12.1 Å². The van der Waals surface area contributed by atoms with Crippen LogP contribution in [-0.2, 0) is 4.79 Å². The number of fused-ring (bicyclic) bond motifs is 1. The topological polar surface area (TPSA) is 112 Å². The van der Waals surface area contributed by atoms with E-state index >= 15 is 0 Å². The molecule has 1 aromatic heterocycles. The van der Waals surface area contributed by atoms with Gasteiger partial charge >= 0.3 is 5.97 Å². The van der Waals surface area contributed by atoms with Gasteiger partial charge in [0.1, 0.15) is 6.04 Å². The SMILES string of the molecule is O=C(O)[C@H]1CCCN1c1nc2ccc([N+](=O)[O-])cc2[nH]1. The molecule has 0 saturated carbocycles. The monoisotopic (exact) mass is 276 g/mol. The van der Waals surface area contributed by atoms with Crippen molar-refractivity contribution in [1.82, 2.24) is 9.97 Å². The zero-order valence-corrected chi connectivity index (χ0v) is 10.4. The number of nitrogens with zero attached hydrogens (tertiary/aromatic N) is 3. The second kappa shape index (κ2) is 4.48. The van der Waals surface area contributed by atoms with E-state index < -0.39 is 16.9 Å². The number of benzene rings is 1. The van der Waals surface area contributed by atoms with E-state index in [9.17, 15) is 14.9 Å². The molecule has 1 saturated heterocycles. The molecular formula is C12H12N4O4. The third-order valence-corrected chi connectivity index (χ3v) is 3.47. The summed E-state index contributed by atoms with van der Waals surface area (Å²) < 4.78 is 0. The molecule has 0 spiro atoms. The minimum absolute atomic E-state index is 0.0242. The number of aromatic nitrogens is 2. The number of nitro groups is 1. The summed E-state index contributed by atoms with van der Waals surface area (Å²) in [6.07, 6.45) is 1.36. The Labute approximate surface area is 113 Å². The molecule has 1 atom stereocenters. The largest absolute Gasteiger partial charge is 0.480 e. The number of carboxylic acids is 1. The zero-order valence-electron chi connectivity index (χ0n) is 10.4. The van der Waals surface area contributed by atoms with Crippen LogP contribution < -0.4 is 4.90 Å². The molecule has 1 aliphatic heterocycles. The van der Waals surface area contributed by atoms with Gasteiger partial charge in [0, 0.05) is 18.7 Å². The lowest BCUT2D eigenvalue weighted by atomic mass is 10.2. The van der Waals surface area contributed by atoms with Gasteiger partial charge in [-0.25, -0.2) is 9.78 Å². The Balaban J connectivity index is 2.00. The van der Waals surface area contributed by atoms with Crippen molar-refractivity contribution in [2.24, 2.45) is 0 Å². The molecule has 20 heavy (non-hydrogen) atoms. The van der Waals surface area contributed by atoms with E-state index in [1.54, 1.807) is 11.0 Å². The van der Waals surface area contributed by atoms with Gasteiger partial charge in [0.15, 0.2) is 0 Å². The Morgan fingerprint density at radius 3 is 3.05 bits per heavy atom. The normalized spacial score (nSPS) is 18.6. The van der Waals surface area contributed by atoms with Crippen LogP contribution in [0.4, 0.5) is 11.6 Å². The van der Waals surface area contributed by atoms with Gasteiger partial charge < -0.3 is 15.0 Å². The zero-order chi connectivity index (χ0) is 14.3. The van der Waals surface area contributed by atoms with Crippen molar-refractivity contribution in [3.63, 3.8) is 0 Å². The Morgan fingerprint density at radius 1 is 1.55 bits per heavy atom. The van der Waals surface area contributed by atoms with Crippen molar-refractivity contribution < 1.29 is 14.8 Å². The van der Waals surface area contributed by atoms with Crippen molar-refractivity contribution in [3.8, 4) is 0 Å². The third kappa shape index (κ3) is 1.94. The van der Waals surface area contributed by atoms with Gasteiger partial charge in [-0.3, -0.25) is 10.1 Å². The molecule has 0 aliphatic carbocycles. The Kier molecular flexibility index (Phi) is 2.78. The van der Waals surface area contributed by atoms with E-state index in [4.69, 9.17) is 5.11 Å². The summed E-state index contributed by atoms with van der Waals surface area (Å²) in [5.74, 6) is -0.431. The summed E-state index contributed by atoms with van der Waals surface area (Å²) in [5, 5.41) is 19.9. The predicted octanol–water partition coefficient (Wildman–Crippen LogP) is 1.52. The lowest BCUT2D eigenvalue weighted by molar-refractivity contribution is -0.384. The van der Waals surface area contributed by atoms with Gasteiger partial charge in [-0.2, -0.15) is 0 Å². The molecule has 1 aliphatic rings. The number of aliphatic carboxylic acids is 1. The van der Waals surface area contributed by atoms with Gasteiger partial charge in [0.05, 0.1) is 16.0 Å². The van der Waals surface area contributed by atoms with Crippen molar-refractivity contribution in [1.29, 1.82) is 0 Å². The van der Waals surface area contributed by atoms with Crippen LogP contribution in [0.5, 0.6) is 0 Å². The van der Waals surface area contributed by atoms with Gasteiger partial charge in [-0.15, -0.1) is 0 Å². The van der Waals surface area contributed by atoms with E-state index in [0.29, 0.717) is 29.9 Å². The first kappa shape index (κ1) is 12.4. The fourth-order valence-electron chi connectivity index (χ4n) is 2.51. The van der Waals surface area contributed by atoms with Crippen LogP contribution in [0.1, 0.15) is 12.8 Å². The molecule has 1 fully saturated rings. The summed E-state index contributed by atoms with van der Waals surface area (Å²) in [4.78, 5) is 30.4. The van der Waals surface area contributed by atoms with Crippen molar-refractivity contribution in [3.05, 3.63) is 28.3 Å². The maximum absolute atomic E-state index is 11.2. The standard InChI is InChI=1S/C12H12N4O4/c17-11(18)10-2-1-5-15(10)12-13-8-4-3-7(16(19)20)6-9(8)14-12/h3-4,6,10H,1-2,5H2,(H,13,14)(H,17,18)/t10-/m1/s1. The first-order valence-electron chi connectivity index (χ1n) is 6.20. The molecule has 8 heteroatoms. The van der Waals surface area contributed by atoms with Crippen LogP contribution in [0, 0.1) is 10.1 Å². The van der Waals surface area contributed by atoms with Crippen LogP contribution in [0.2, 0.25) is 0 Å². The highest BCUT2D eigenvalue weighted by molar-refractivity contribution is 5.82. The van der Waals surface area contributed by atoms with Crippen molar-refractivity contribution >= 4 is 28.6 Å². The van der Waals surface area contributed by atoms with Crippen LogP contribution in [0.15, 0.2) is 18.2 Å². The number of carboxylic acid groups (broad SMARTS) is 1. The number of hydrogen-bond donors (Lipinski definition) is 2. The number of nitro benzene ring substituents is 1. The first-order valence-corrected chi connectivity index (χ1v) is 6.20. The molecule has 2 heterocycles. The molecule has 2 N–H and O–H groups in total. The summed E-state index contributed by atoms with van der Waals surface area (Å²) in [6, 6.07) is 3.74. The fourth-order valence-corrected chi connectivity index (χ4v) is 2.51. The van der Waals surface area contributed by atoms with Gasteiger partial charge in [-0.05, 0) is 18.9 Å². The number of nitrogens with one attached hydrogen (secondary N) is 1. The van der Waals surface area contributed by atoms with E-state index in [1.807, 2.05) is 0 Å². The van der Waals surface area contributed by atoms with Gasteiger partial charge in [0.25, 0.3) is 5.69 Å². The van der Waals surface area contributed by atoms with E-state index in [2.05, 4.69) is 9.97 Å². The molecule has 1 aromatic carbocycles. The van der Waals surface area contributed by atoms with Crippen molar-refractivity contribution in [2.45, 2.75) is 18.9 Å². The van der Waals surface area contributed by atoms with Crippen LogP contribution in [0.3, 0.4) is 0 Å². The number of carbonyl (C=O) groups is 1. The molecule has 0 bridgehead atoms. The molecule has 104 valence electrons.